The second kappa shape index (κ2) is 8.12. The van der Waals surface area contributed by atoms with E-state index in [0.29, 0.717) is 19.8 Å². The molecule has 8 heteroatoms. The molecule has 1 aromatic carbocycles. The third kappa shape index (κ3) is 3.79. The van der Waals surface area contributed by atoms with E-state index in [1.165, 1.54) is 0 Å². The standard InChI is InChI=1S/C20H25N5O3/c1-13-10-27-7-6-25(13)19-9-18(21-12-22-19)20-16-8-15(28-14(2)11-26-3)4-5-17(16)23-24-20/h4-5,8-9,12-14H,6-7,10-11H2,1-3H3,(H,23,24)/t13-,14-/m0/s1. The molecule has 1 aliphatic heterocycles. The van der Waals surface area contributed by atoms with Gasteiger partial charge in [-0.25, -0.2) is 9.97 Å². The summed E-state index contributed by atoms with van der Waals surface area (Å²) in [5, 5.41) is 8.52. The van der Waals surface area contributed by atoms with Crippen molar-refractivity contribution in [3.8, 4) is 17.1 Å². The molecule has 0 unspecified atom stereocenters. The van der Waals surface area contributed by atoms with Gasteiger partial charge >= 0.3 is 0 Å². The minimum Gasteiger partial charge on any atom is -0.488 e. The van der Waals surface area contributed by atoms with Crippen LogP contribution in [-0.2, 0) is 9.47 Å². The van der Waals surface area contributed by atoms with E-state index in [-0.39, 0.29) is 12.1 Å². The van der Waals surface area contributed by atoms with Crippen LogP contribution < -0.4 is 9.64 Å². The number of rotatable bonds is 6. The second-order valence-corrected chi connectivity index (χ2v) is 7.04. The van der Waals surface area contributed by atoms with Gasteiger partial charge in [0.15, 0.2) is 0 Å². The number of morpholine rings is 1. The first-order chi connectivity index (χ1) is 13.7. The van der Waals surface area contributed by atoms with E-state index in [0.717, 1.165) is 40.4 Å². The molecule has 0 amide bonds. The van der Waals surface area contributed by atoms with E-state index in [1.54, 1.807) is 13.4 Å². The molecule has 1 aliphatic rings. The van der Waals surface area contributed by atoms with Crippen LogP contribution in [0.5, 0.6) is 5.75 Å². The first kappa shape index (κ1) is 18.6. The van der Waals surface area contributed by atoms with Crippen molar-refractivity contribution in [2.24, 2.45) is 0 Å². The molecule has 1 fully saturated rings. The van der Waals surface area contributed by atoms with Crippen LogP contribution >= 0.6 is 0 Å². The van der Waals surface area contributed by atoms with Gasteiger partial charge in [-0.3, -0.25) is 5.10 Å². The Morgan fingerprint density at radius 3 is 3.04 bits per heavy atom. The molecule has 0 radical (unpaired) electrons. The second-order valence-electron chi connectivity index (χ2n) is 7.04. The molecule has 8 nitrogen and oxygen atoms in total. The number of H-pyrrole nitrogens is 1. The van der Waals surface area contributed by atoms with Crippen molar-refractivity contribution in [1.29, 1.82) is 0 Å². The molecule has 4 rings (SSSR count). The van der Waals surface area contributed by atoms with Crippen LogP contribution in [-0.4, -0.2) is 65.8 Å². The van der Waals surface area contributed by atoms with Crippen LogP contribution in [0.1, 0.15) is 13.8 Å². The molecule has 2 atom stereocenters. The summed E-state index contributed by atoms with van der Waals surface area (Å²) < 4.78 is 16.6. The van der Waals surface area contributed by atoms with E-state index in [2.05, 4.69) is 32.0 Å². The van der Waals surface area contributed by atoms with Crippen molar-refractivity contribution < 1.29 is 14.2 Å². The highest BCUT2D eigenvalue weighted by molar-refractivity contribution is 5.93. The Morgan fingerprint density at radius 1 is 1.32 bits per heavy atom. The van der Waals surface area contributed by atoms with Crippen molar-refractivity contribution >= 4 is 16.7 Å². The lowest BCUT2D eigenvalue weighted by Gasteiger charge is -2.34. The Balaban J connectivity index is 1.66. The molecule has 0 saturated carbocycles. The summed E-state index contributed by atoms with van der Waals surface area (Å²) in [4.78, 5) is 11.2. The fraction of sp³-hybridized carbons (Fsp3) is 0.450. The van der Waals surface area contributed by atoms with E-state index in [4.69, 9.17) is 14.2 Å². The minimum absolute atomic E-state index is 0.0359. The van der Waals surface area contributed by atoms with Crippen LogP contribution in [0.15, 0.2) is 30.6 Å². The maximum absolute atomic E-state index is 5.93. The van der Waals surface area contributed by atoms with Gasteiger partial charge in [0.2, 0.25) is 0 Å². The van der Waals surface area contributed by atoms with E-state index < -0.39 is 0 Å². The van der Waals surface area contributed by atoms with Gasteiger partial charge in [0.1, 0.15) is 29.7 Å². The molecule has 148 valence electrons. The molecule has 0 spiro atoms. The fourth-order valence-corrected chi connectivity index (χ4v) is 3.46. The van der Waals surface area contributed by atoms with Gasteiger partial charge in [0.25, 0.3) is 0 Å². The van der Waals surface area contributed by atoms with Crippen molar-refractivity contribution in [2.45, 2.75) is 26.0 Å². The Labute approximate surface area is 163 Å². The summed E-state index contributed by atoms with van der Waals surface area (Å²) in [5.41, 5.74) is 2.49. The predicted molar refractivity (Wildman–Crippen MR) is 107 cm³/mol. The number of methoxy groups -OCH3 is 1. The number of anilines is 1. The molecule has 0 bridgehead atoms. The number of hydrogen-bond donors (Lipinski definition) is 1. The fourth-order valence-electron chi connectivity index (χ4n) is 3.46. The average Bonchev–Trinajstić information content (AvgIpc) is 3.12. The van der Waals surface area contributed by atoms with Gasteiger partial charge in [0.05, 0.1) is 37.1 Å². The monoisotopic (exact) mass is 383 g/mol. The van der Waals surface area contributed by atoms with Crippen LogP contribution in [0.2, 0.25) is 0 Å². The van der Waals surface area contributed by atoms with Crippen molar-refractivity contribution in [3.05, 3.63) is 30.6 Å². The molecule has 1 saturated heterocycles. The maximum atomic E-state index is 5.93. The summed E-state index contributed by atoms with van der Waals surface area (Å²) in [7, 11) is 1.67. The highest BCUT2D eigenvalue weighted by Crippen LogP contribution is 2.30. The Bertz CT molecular complexity index is 944. The largest absolute Gasteiger partial charge is 0.488 e. The van der Waals surface area contributed by atoms with Crippen molar-refractivity contribution in [1.82, 2.24) is 20.2 Å². The molecule has 3 aromatic rings. The summed E-state index contributed by atoms with van der Waals surface area (Å²) in [6, 6.07) is 8.14. The number of aromatic amines is 1. The van der Waals surface area contributed by atoms with E-state index in [9.17, 15) is 0 Å². The average molecular weight is 383 g/mol. The first-order valence-corrected chi connectivity index (χ1v) is 9.46. The third-order valence-corrected chi connectivity index (χ3v) is 4.83. The number of nitrogens with one attached hydrogen (secondary N) is 1. The molecule has 2 aromatic heterocycles. The smallest absolute Gasteiger partial charge is 0.133 e. The van der Waals surface area contributed by atoms with E-state index >= 15 is 0 Å². The van der Waals surface area contributed by atoms with E-state index in [1.807, 2.05) is 31.2 Å². The normalized spacial score (nSPS) is 18.4. The Hall–Kier alpha value is -2.71. The zero-order chi connectivity index (χ0) is 19.5. The van der Waals surface area contributed by atoms with Crippen molar-refractivity contribution in [2.75, 3.05) is 38.4 Å². The summed E-state index contributed by atoms with van der Waals surface area (Å²) >= 11 is 0. The SMILES string of the molecule is COC[C@H](C)Oc1ccc2[nH]nc(-c3cc(N4CCOC[C@@H]4C)ncn3)c2c1. The number of hydrogen-bond acceptors (Lipinski definition) is 7. The number of ether oxygens (including phenoxy) is 3. The maximum Gasteiger partial charge on any atom is 0.133 e. The van der Waals surface area contributed by atoms with Gasteiger partial charge in [-0.05, 0) is 32.0 Å². The molecular weight excluding hydrogens is 358 g/mol. The topological polar surface area (TPSA) is 85.4 Å². The quantitative estimate of drug-likeness (QED) is 0.700. The summed E-state index contributed by atoms with van der Waals surface area (Å²) in [6.07, 6.45) is 1.56. The number of nitrogens with zero attached hydrogens (tertiary/aromatic N) is 4. The van der Waals surface area contributed by atoms with Gasteiger partial charge in [-0.1, -0.05) is 0 Å². The van der Waals surface area contributed by atoms with Gasteiger partial charge < -0.3 is 19.1 Å². The minimum atomic E-state index is -0.0359. The van der Waals surface area contributed by atoms with Gasteiger partial charge in [0, 0.05) is 25.1 Å². The predicted octanol–water partition coefficient (Wildman–Crippen LogP) is 2.66. The lowest BCUT2D eigenvalue weighted by molar-refractivity contribution is 0.0922. The first-order valence-electron chi connectivity index (χ1n) is 9.46. The summed E-state index contributed by atoms with van der Waals surface area (Å²) in [6.45, 7) is 6.86. The van der Waals surface area contributed by atoms with Crippen LogP contribution in [0.4, 0.5) is 5.82 Å². The lowest BCUT2D eigenvalue weighted by atomic mass is 10.1. The number of fused-ring (bicyclic) bond motifs is 1. The Morgan fingerprint density at radius 2 is 2.21 bits per heavy atom. The van der Waals surface area contributed by atoms with Crippen LogP contribution in [0, 0.1) is 0 Å². The molecule has 0 aliphatic carbocycles. The van der Waals surface area contributed by atoms with Gasteiger partial charge in [-0.15, -0.1) is 0 Å². The zero-order valence-corrected chi connectivity index (χ0v) is 16.4. The zero-order valence-electron chi connectivity index (χ0n) is 16.4. The Kier molecular flexibility index (Phi) is 5.40. The van der Waals surface area contributed by atoms with Crippen LogP contribution in [0.3, 0.4) is 0 Å². The summed E-state index contributed by atoms with van der Waals surface area (Å²) in [5.74, 6) is 1.66. The van der Waals surface area contributed by atoms with Crippen molar-refractivity contribution in [3.63, 3.8) is 0 Å². The van der Waals surface area contributed by atoms with Gasteiger partial charge in [-0.2, -0.15) is 5.10 Å². The highest BCUT2D eigenvalue weighted by atomic mass is 16.5. The highest BCUT2D eigenvalue weighted by Gasteiger charge is 2.21. The number of aromatic nitrogens is 4. The molecular formula is C20H25N5O3. The number of benzene rings is 1. The molecule has 1 N–H and O–H groups in total. The lowest BCUT2D eigenvalue weighted by Crippen LogP contribution is -2.44. The third-order valence-electron chi connectivity index (χ3n) is 4.83. The van der Waals surface area contributed by atoms with Crippen LogP contribution in [0.25, 0.3) is 22.3 Å². The molecule has 3 heterocycles. The molecule has 28 heavy (non-hydrogen) atoms.